The van der Waals surface area contributed by atoms with Gasteiger partial charge in [-0.05, 0) is 25.2 Å². The highest BCUT2D eigenvalue weighted by atomic mass is 79.9. The zero-order chi connectivity index (χ0) is 12.1. The number of hydrogen-bond donors (Lipinski definition) is 2. The fraction of sp³-hybridized carbons (Fsp3) is 0.364. The molecule has 0 fully saturated rings. The van der Waals surface area contributed by atoms with Crippen LogP contribution in [-0.2, 0) is 11.3 Å². The Labute approximate surface area is 103 Å². The van der Waals surface area contributed by atoms with E-state index >= 15 is 0 Å². The van der Waals surface area contributed by atoms with Gasteiger partial charge in [-0.3, -0.25) is 4.79 Å². The zero-order valence-electron chi connectivity index (χ0n) is 8.98. The van der Waals surface area contributed by atoms with Crippen LogP contribution in [0, 0.1) is 0 Å². The number of phenols is 1. The van der Waals surface area contributed by atoms with Gasteiger partial charge < -0.3 is 15.1 Å². The molecular formula is C11H14BrNO3. The fourth-order valence-electron chi connectivity index (χ4n) is 1.34. The number of halogens is 1. The predicted octanol–water partition coefficient (Wildman–Crippen LogP) is 2.06. The van der Waals surface area contributed by atoms with E-state index in [0.717, 1.165) is 10.0 Å². The number of aliphatic carboxylic acids is 1. The van der Waals surface area contributed by atoms with Crippen molar-refractivity contribution in [1.29, 1.82) is 0 Å². The summed E-state index contributed by atoms with van der Waals surface area (Å²) in [5.41, 5.74) is 0.780. The van der Waals surface area contributed by atoms with Gasteiger partial charge in [0.25, 0.3) is 0 Å². The predicted molar refractivity (Wildman–Crippen MR) is 64.4 cm³/mol. The third-order valence-electron chi connectivity index (χ3n) is 2.19. The number of aromatic hydroxyl groups is 1. The lowest BCUT2D eigenvalue weighted by Crippen LogP contribution is -2.21. The van der Waals surface area contributed by atoms with Gasteiger partial charge in [-0.1, -0.05) is 15.9 Å². The lowest BCUT2D eigenvalue weighted by Gasteiger charge is -2.16. The maximum atomic E-state index is 10.4. The maximum Gasteiger partial charge on any atom is 0.304 e. The van der Waals surface area contributed by atoms with Crippen molar-refractivity contribution in [1.82, 2.24) is 4.90 Å². The molecule has 1 rings (SSSR count). The van der Waals surface area contributed by atoms with Crippen LogP contribution in [-0.4, -0.2) is 34.7 Å². The van der Waals surface area contributed by atoms with Crippen molar-refractivity contribution in [2.45, 2.75) is 13.0 Å². The third-order valence-corrected chi connectivity index (χ3v) is 2.68. The fourth-order valence-corrected chi connectivity index (χ4v) is 1.75. The smallest absolute Gasteiger partial charge is 0.304 e. The van der Waals surface area contributed by atoms with E-state index in [9.17, 15) is 9.90 Å². The number of benzene rings is 1. The summed E-state index contributed by atoms with van der Waals surface area (Å²) in [6.07, 6.45) is 0.102. The van der Waals surface area contributed by atoms with Crippen molar-refractivity contribution < 1.29 is 15.0 Å². The van der Waals surface area contributed by atoms with E-state index in [0.29, 0.717) is 13.1 Å². The molecule has 0 aliphatic carbocycles. The molecular weight excluding hydrogens is 274 g/mol. The molecule has 0 saturated heterocycles. The topological polar surface area (TPSA) is 60.8 Å². The maximum absolute atomic E-state index is 10.4. The van der Waals surface area contributed by atoms with Gasteiger partial charge in [-0.15, -0.1) is 0 Å². The Balaban J connectivity index is 2.58. The number of hydrogen-bond acceptors (Lipinski definition) is 3. The molecule has 0 atom stereocenters. The highest BCUT2D eigenvalue weighted by Crippen LogP contribution is 2.22. The summed E-state index contributed by atoms with van der Waals surface area (Å²) in [5.74, 6) is -0.587. The first-order chi connectivity index (χ1) is 7.49. The molecule has 0 aliphatic heterocycles. The highest BCUT2D eigenvalue weighted by molar-refractivity contribution is 9.10. The second-order valence-electron chi connectivity index (χ2n) is 3.65. The average molecular weight is 288 g/mol. The summed E-state index contributed by atoms with van der Waals surface area (Å²) in [6, 6.07) is 5.20. The minimum absolute atomic E-state index is 0.102. The Morgan fingerprint density at radius 2 is 2.19 bits per heavy atom. The SMILES string of the molecule is CN(CCC(=O)O)Cc1cc(Br)ccc1O. The highest BCUT2D eigenvalue weighted by Gasteiger charge is 2.07. The monoisotopic (exact) mass is 287 g/mol. The van der Waals surface area contributed by atoms with E-state index in [-0.39, 0.29) is 12.2 Å². The number of carboxylic acids is 1. The van der Waals surface area contributed by atoms with Crippen LogP contribution in [0.4, 0.5) is 0 Å². The van der Waals surface area contributed by atoms with Gasteiger partial charge in [0.15, 0.2) is 0 Å². The van der Waals surface area contributed by atoms with Crippen LogP contribution in [0.1, 0.15) is 12.0 Å². The van der Waals surface area contributed by atoms with Gasteiger partial charge in [-0.2, -0.15) is 0 Å². The molecule has 0 spiro atoms. The summed E-state index contributed by atoms with van der Waals surface area (Å²) in [4.78, 5) is 12.3. The molecule has 5 heteroatoms. The van der Waals surface area contributed by atoms with Crippen LogP contribution < -0.4 is 0 Å². The molecule has 0 saturated carbocycles. The average Bonchev–Trinajstić information content (AvgIpc) is 2.20. The minimum Gasteiger partial charge on any atom is -0.508 e. The molecule has 16 heavy (non-hydrogen) atoms. The second kappa shape index (κ2) is 5.86. The second-order valence-corrected chi connectivity index (χ2v) is 4.57. The van der Waals surface area contributed by atoms with Crippen molar-refractivity contribution in [3.8, 4) is 5.75 Å². The molecule has 1 aromatic rings. The van der Waals surface area contributed by atoms with E-state index in [1.165, 1.54) is 0 Å². The van der Waals surface area contributed by atoms with Crippen LogP contribution in [0.15, 0.2) is 22.7 Å². The summed E-state index contributed by atoms with van der Waals surface area (Å²) in [5, 5.41) is 18.1. The van der Waals surface area contributed by atoms with E-state index in [2.05, 4.69) is 15.9 Å². The van der Waals surface area contributed by atoms with Crippen LogP contribution in [0.2, 0.25) is 0 Å². The van der Waals surface area contributed by atoms with Crippen molar-refractivity contribution >= 4 is 21.9 Å². The summed E-state index contributed by atoms with van der Waals surface area (Å²) >= 11 is 3.32. The van der Waals surface area contributed by atoms with Gasteiger partial charge in [-0.25, -0.2) is 0 Å². The molecule has 0 amide bonds. The standard InChI is InChI=1S/C11H14BrNO3/c1-13(5-4-11(15)16)7-8-6-9(12)2-3-10(8)14/h2-3,6,14H,4-5,7H2,1H3,(H,15,16). The number of phenolic OH excluding ortho intramolecular Hbond substituents is 1. The van der Waals surface area contributed by atoms with Crippen LogP contribution in [0.25, 0.3) is 0 Å². The largest absolute Gasteiger partial charge is 0.508 e. The summed E-state index contributed by atoms with van der Waals surface area (Å²) in [6.45, 7) is 0.986. The van der Waals surface area contributed by atoms with E-state index in [1.807, 2.05) is 18.0 Å². The Kier molecular flexibility index (Phi) is 4.76. The van der Waals surface area contributed by atoms with Crippen LogP contribution >= 0.6 is 15.9 Å². The molecule has 0 unspecified atom stereocenters. The Morgan fingerprint density at radius 1 is 1.50 bits per heavy atom. The molecule has 0 aromatic heterocycles. The van der Waals surface area contributed by atoms with Crippen molar-refractivity contribution in [2.75, 3.05) is 13.6 Å². The van der Waals surface area contributed by atoms with Gasteiger partial charge in [0.05, 0.1) is 6.42 Å². The van der Waals surface area contributed by atoms with E-state index in [1.54, 1.807) is 12.1 Å². The van der Waals surface area contributed by atoms with Gasteiger partial charge >= 0.3 is 5.97 Å². The Bertz CT molecular complexity index is 381. The van der Waals surface area contributed by atoms with Crippen LogP contribution in [0.3, 0.4) is 0 Å². The lowest BCUT2D eigenvalue weighted by molar-refractivity contribution is -0.137. The first-order valence-electron chi connectivity index (χ1n) is 4.87. The lowest BCUT2D eigenvalue weighted by atomic mass is 10.2. The zero-order valence-corrected chi connectivity index (χ0v) is 10.6. The molecule has 4 nitrogen and oxygen atoms in total. The third kappa shape index (κ3) is 4.20. The quantitative estimate of drug-likeness (QED) is 0.870. The molecule has 0 bridgehead atoms. The minimum atomic E-state index is -0.815. The molecule has 2 N–H and O–H groups in total. The number of nitrogens with zero attached hydrogens (tertiary/aromatic N) is 1. The number of carboxylic acid groups (broad SMARTS) is 1. The van der Waals surface area contributed by atoms with Crippen LogP contribution in [0.5, 0.6) is 5.75 Å². The summed E-state index contributed by atoms with van der Waals surface area (Å²) < 4.78 is 0.895. The van der Waals surface area contributed by atoms with Crippen molar-refractivity contribution in [2.24, 2.45) is 0 Å². The van der Waals surface area contributed by atoms with Gasteiger partial charge in [0, 0.05) is 23.1 Å². The van der Waals surface area contributed by atoms with Crippen molar-refractivity contribution in [3.05, 3.63) is 28.2 Å². The van der Waals surface area contributed by atoms with Crippen molar-refractivity contribution in [3.63, 3.8) is 0 Å². The number of rotatable bonds is 5. The Hall–Kier alpha value is -1.07. The Morgan fingerprint density at radius 3 is 2.81 bits per heavy atom. The first-order valence-corrected chi connectivity index (χ1v) is 5.66. The molecule has 88 valence electrons. The van der Waals surface area contributed by atoms with E-state index < -0.39 is 5.97 Å². The number of carbonyl (C=O) groups is 1. The molecule has 0 radical (unpaired) electrons. The molecule has 1 aromatic carbocycles. The van der Waals surface area contributed by atoms with Gasteiger partial charge in [0.1, 0.15) is 5.75 Å². The molecule has 0 aliphatic rings. The van der Waals surface area contributed by atoms with E-state index in [4.69, 9.17) is 5.11 Å². The first kappa shape index (κ1) is 13.0. The van der Waals surface area contributed by atoms with Gasteiger partial charge in [0.2, 0.25) is 0 Å². The normalized spacial score (nSPS) is 10.7. The molecule has 0 heterocycles. The summed E-state index contributed by atoms with van der Waals surface area (Å²) in [7, 11) is 1.82.